The monoisotopic (exact) mass is 330 g/mol. The molecule has 0 aromatic carbocycles. The van der Waals surface area contributed by atoms with Crippen molar-refractivity contribution in [2.45, 2.75) is 39.9 Å². The van der Waals surface area contributed by atoms with Gasteiger partial charge in [-0.2, -0.15) is 0 Å². The highest BCUT2D eigenvalue weighted by atomic mass is 16.5. The number of hydrogen-bond donors (Lipinski definition) is 0. The van der Waals surface area contributed by atoms with Gasteiger partial charge in [0, 0.05) is 26.1 Å². The van der Waals surface area contributed by atoms with Gasteiger partial charge >= 0.3 is 0 Å². The molecule has 0 aliphatic rings. The molecule has 0 aliphatic carbocycles. The SMILES string of the molecule is C=C(OC(=C)C(C)COC(C)COC)C(C)COC(C)COC. The van der Waals surface area contributed by atoms with Crippen molar-refractivity contribution >= 4 is 0 Å². The first kappa shape index (κ1) is 22.1. The van der Waals surface area contributed by atoms with Gasteiger partial charge in [-0.3, -0.25) is 0 Å². The second-order valence-electron chi connectivity index (χ2n) is 6.04. The molecule has 4 unspecified atom stereocenters. The van der Waals surface area contributed by atoms with Crippen molar-refractivity contribution in [3.05, 3.63) is 24.7 Å². The van der Waals surface area contributed by atoms with Crippen LogP contribution in [0.5, 0.6) is 0 Å². The second-order valence-corrected chi connectivity index (χ2v) is 6.04. The number of ether oxygens (including phenoxy) is 5. The molecule has 0 saturated carbocycles. The van der Waals surface area contributed by atoms with Crippen LogP contribution in [-0.2, 0) is 23.7 Å². The third-order valence-corrected chi connectivity index (χ3v) is 3.43. The van der Waals surface area contributed by atoms with E-state index in [2.05, 4.69) is 13.2 Å². The van der Waals surface area contributed by atoms with Crippen LogP contribution in [0.1, 0.15) is 27.7 Å². The topological polar surface area (TPSA) is 46.2 Å². The summed E-state index contributed by atoms with van der Waals surface area (Å²) in [4.78, 5) is 0. The quantitative estimate of drug-likeness (QED) is 0.457. The first-order valence-electron chi connectivity index (χ1n) is 8.08. The zero-order valence-corrected chi connectivity index (χ0v) is 15.6. The van der Waals surface area contributed by atoms with E-state index in [4.69, 9.17) is 23.7 Å². The minimum Gasteiger partial charge on any atom is -0.467 e. The Morgan fingerprint density at radius 2 is 1.04 bits per heavy atom. The highest BCUT2D eigenvalue weighted by Gasteiger charge is 2.16. The van der Waals surface area contributed by atoms with Gasteiger partial charge in [0.15, 0.2) is 0 Å². The fourth-order valence-electron chi connectivity index (χ4n) is 1.74. The largest absolute Gasteiger partial charge is 0.467 e. The Morgan fingerprint density at radius 3 is 1.35 bits per heavy atom. The minimum absolute atomic E-state index is 0.0491. The molecule has 0 aromatic rings. The van der Waals surface area contributed by atoms with Gasteiger partial charge in [-0.25, -0.2) is 0 Å². The van der Waals surface area contributed by atoms with Crippen molar-refractivity contribution in [2.75, 3.05) is 40.6 Å². The predicted octanol–water partition coefficient (Wildman–Crippen LogP) is 3.41. The molecule has 136 valence electrons. The molecule has 0 heterocycles. The standard InChI is InChI=1S/C18H34O5/c1-13(9-21-15(3)11-19-7)17(5)23-18(6)14(2)10-22-16(4)12-20-8/h13-16H,5-6,9-12H2,1-4,7-8H3. The number of rotatable bonds is 14. The fraction of sp³-hybridized carbons (Fsp3) is 0.778. The van der Waals surface area contributed by atoms with E-state index >= 15 is 0 Å². The molecule has 0 N–H and O–H groups in total. The Morgan fingerprint density at radius 1 is 0.696 bits per heavy atom. The second kappa shape index (κ2) is 12.5. The maximum Gasteiger partial charge on any atom is 0.102 e. The molecule has 0 fully saturated rings. The summed E-state index contributed by atoms with van der Waals surface area (Å²) < 4.78 is 27.2. The summed E-state index contributed by atoms with van der Waals surface area (Å²) >= 11 is 0. The van der Waals surface area contributed by atoms with Gasteiger partial charge in [-0.15, -0.1) is 0 Å². The van der Waals surface area contributed by atoms with Crippen LogP contribution >= 0.6 is 0 Å². The maximum absolute atomic E-state index is 5.75. The van der Waals surface area contributed by atoms with E-state index in [0.29, 0.717) is 37.9 Å². The predicted molar refractivity (Wildman–Crippen MR) is 92.3 cm³/mol. The van der Waals surface area contributed by atoms with Gasteiger partial charge in [-0.05, 0) is 13.8 Å². The molecule has 0 amide bonds. The molecule has 0 rings (SSSR count). The summed E-state index contributed by atoms with van der Waals surface area (Å²) in [7, 11) is 3.32. The Labute approximate surface area is 141 Å². The van der Waals surface area contributed by atoms with Crippen molar-refractivity contribution in [2.24, 2.45) is 11.8 Å². The molecule has 0 aliphatic heterocycles. The van der Waals surface area contributed by atoms with E-state index in [1.54, 1.807) is 14.2 Å². The number of methoxy groups -OCH3 is 2. The van der Waals surface area contributed by atoms with Crippen LogP contribution in [0.25, 0.3) is 0 Å². The van der Waals surface area contributed by atoms with E-state index in [9.17, 15) is 0 Å². The number of hydrogen-bond acceptors (Lipinski definition) is 5. The molecular weight excluding hydrogens is 296 g/mol. The molecular formula is C18H34O5. The zero-order chi connectivity index (χ0) is 17.8. The maximum atomic E-state index is 5.75. The summed E-state index contributed by atoms with van der Waals surface area (Å²) in [5.41, 5.74) is 0. The van der Waals surface area contributed by atoms with Crippen LogP contribution in [0.15, 0.2) is 24.7 Å². The average molecular weight is 330 g/mol. The van der Waals surface area contributed by atoms with Gasteiger partial charge in [0.1, 0.15) is 11.5 Å². The van der Waals surface area contributed by atoms with E-state index in [-0.39, 0.29) is 24.0 Å². The van der Waals surface area contributed by atoms with Gasteiger partial charge in [-0.1, -0.05) is 27.0 Å². The molecule has 0 bridgehead atoms. The molecule has 0 aromatic heterocycles. The van der Waals surface area contributed by atoms with Gasteiger partial charge in [0.2, 0.25) is 0 Å². The normalized spacial score (nSPS) is 16.4. The fourth-order valence-corrected chi connectivity index (χ4v) is 1.74. The molecule has 23 heavy (non-hydrogen) atoms. The molecule has 0 saturated heterocycles. The smallest absolute Gasteiger partial charge is 0.102 e. The summed E-state index contributed by atoms with van der Waals surface area (Å²) in [6.45, 7) is 18.1. The zero-order valence-electron chi connectivity index (χ0n) is 15.6. The lowest BCUT2D eigenvalue weighted by Crippen LogP contribution is -2.22. The van der Waals surface area contributed by atoms with Crippen molar-refractivity contribution in [1.29, 1.82) is 0 Å². The van der Waals surface area contributed by atoms with E-state index < -0.39 is 0 Å². The summed E-state index contributed by atoms with van der Waals surface area (Å²) in [5, 5.41) is 0. The summed E-state index contributed by atoms with van der Waals surface area (Å²) in [6, 6.07) is 0. The van der Waals surface area contributed by atoms with Crippen LogP contribution in [0.2, 0.25) is 0 Å². The molecule has 0 radical (unpaired) electrons. The summed E-state index contributed by atoms with van der Waals surface area (Å²) in [6.07, 6.45) is 0.0982. The Hall–Kier alpha value is -0.880. The van der Waals surface area contributed by atoms with Gasteiger partial charge in [0.25, 0.3) is 0 Å². The molecule has 4 atom stereocenters. The van der Waals surface area contributed by atoms with E-state index in [0.717, 1.165) is 0 Å². The first-order chi connectivity index (χ1) is 10.8. The van der Waals surface area contributed by atoms with Crippen LogP contribution in [-0.4, -0.2) is 52.9 Å². The first-order valence-corrected chi connectivity index (χ1v) is 8.08. The highest BCUT2D eigenvalue weighted by Crippen LogP contribution is 2.20. The Kier molecular flexibility index (Phi) is 12.1. The van der Waals surface area contributed by atoms with Gasteiger partial charge < -0.3 is 23.7 Å². The lowest BCUT2D eigenvalue weighted by Gasteiger charge is -2.23. The van der Waals surface area contributed by atoms with Crippen LogP contribution < -0.4 is 0 Å². The van der Waals surface area contributed by atoms with Crippen molar-refractivity contribution < 1.29 is 23.7 Å². The van der Waals surface area contributed by atoms with Crippen molar-refractivity contribution in [3.8, 4) is 0 Å². The van der Waals surface area contributed by atoms with Crippen molar-refractivity contribution in [3.63, 3.8) is 0 Å². The van der Waals surface area contributed by atoms with E-state index in [1.807, 2.05) is 27.7 Å². The van der Waals surface area contributed by atoms with Gasteiger partial charge in [0.05, 0.1) is 38.6 Å². The third-order valence-electron chi connectivity index (χ3n) is 3.43. The van der Waals surface area contributed by atoms with Crippen LogP contribution in [0.3, 0.4) is 0 Å². The Bertz CT molecular complexity index is 310. The third kappa shape index (κ3) is 10.5. The molecule has 5 nitrogen and oxygen atoms in total. The highest BCUT2D eigenvalue weighted by molar-refractivity contribution is 4.99. The molecule has 0 spiro atoms. The lowest BCUT2D eigenvalue weighted by atomic mass is 10.1. The lowest BCUT2D eigenvalue weighted by molar-refractivity contribution is -0.0118. The van der Waals surface area contributed by atoms with E-state index in [1.165, 1.54) is 0 Å². The van der Waals surface area contributed by atoms with Crippen LogP contribution in [0, 0.1) is 11.8 Å². The average Bonchev–Trinajstić information content (AvgIpc) is 2.50. The summed E-state index contributed by atoms with van der Waals surface area (Å²) in [5.74, 6) is 1.45. The van der Waals surface area contributed by atoms with Crippen LogP contribution in [0.4, 0.5) is 0 Å². The molecule has 5 heteroatoms. The van der Waals surface area contributed by atoms with Crippen molar-refractivity contribution in [1.82, 2.24) is 0 Å². The minimum atomic E-state index is 0.0491. The Balaban J connectivity index is 4.09.